The number of rotatable bonds is 2. The summed E-state index contributed by atoms with van der Waals surface area (Å²) in [5.74, 6) is 0. The first-order chi connectivity index (χ1) is 7.36. The first-order valence-corrected chi connectivity index (χ1v) is 5.40. The van der Waals surface area contributed by atoms with E-state index in [1.165, 1.54) is 6.42 Å². The standard InChI is InChI=1S/C12H14N2O/c15-8-12(6-3-7-12)11-9-4-1-2-5-10(9)13-14-11/h1-2,4-5,15H,3,6-8H2,(H,13,14). The number of hydrogen-bond donors (Lipinski definition) is 2. The van der Waals surface area contributed by atoms with E-state index in [2.05, 4.69) is 16.3 Å². The van der Waals surface area contributed by atoms with Crippen LogP contribution in [0.4, 0.5) is 0 Å². The molecule has 0 aliphatic heterocycles. The summed E-state index contributed by atoms with van der Waals surface area (Å²) in [5.41, 5.74) is 2.06. The molecular formula is C12H14N2O. The molecule has 0 unspecified atom stereocenters. The maximum absolute atomic E-state index is 9.52. The highest BCUT2D eigenvalue weighted by atomic mass is 16.3. The van der Waals surface area contributed by atoms with Crippen molar-refractivity contribution in [2.75, 3.05) is 6.61 Å². The molecule has 1 fully saturated rings. The molecule has 15 heavy (non-hydrogen) atoms. The van der Waals surface area contributed by atoms with Crippen LogP contribution in [0.3, 0.4) is 0 Å². The minimum atomic E-state index is -0.0455. The summed E-state index contributed by atoms with van der Waals surface area (Å²) in [6.07, 6.45) is 3.33. The number of para-hydroxylation sites is 1. The number of fused-ring (bicyclic) bond motifs is 1. The topological polar surface area (TPSA) is 48.9 Å². The monoisotopic (exact) mass is 202 g/mol. The highest BCUT2D eigenvalue weighted by Gasteiger charge is 2.40. The first kappa shape index (κ1) is 8.92. The van der Waals surface area contributed by atoms with Gasteiger partial charge in [-0.15, -0.1) is 0 Å². The number of nitrogens with zero attached hydrogens (tertiary/aromatic N) is 1. The van der Waals surface area contributed by atoms with E-state index in [1.54, 1.807) is 0 Å². The van der Waals surface area contributed by atoms with E-state index in [9.17, 15) is 5.11 Å². The van der Waals surface area contributed by atoms with Gasteiger partial charge >= 0.3 is 0 Å². The third-order valence-electron chi connectivity index (χ3n) is 3.61. The van der Waals surface area contributed by atoms with Gasteiger partial charge in [-0.3, -0.25) is 5.10 Å². The van der Waals surface area contributed by atoms with Crippen molar-refractivity contribution in [3.05, 3.63) is 30.0 Å². The summed E-state index contributed by atoms with van der Waals surface area (Å²) in [6.45, 7) is 0.221. The van der Waals surface area contributed by atoms with Crippen molar-refractivity contribution in [1.82, 2.24) is 10.2 Å². The third-order valence-corrected chi connectivity index (χ3v) is 3.61. The molecule has 3 nitrogen and oxygen atoms in total. The van der Waals surface area contributed by atoms with Crippen LogP contribution in [0.5, 0.6) is 0 Å². The lowest BCUT2D eigenvalue weighted by atomic mass is 9.66. The Morgan fingerprint density at radius 1 is 1.33 bits per heavy atom. The van der Waals surface area contributed by atoms with Gasteiger partial charge in [0.05, 0.1) is 17.8 Å². The predicted octanol–water partition coefficient (Wildman–Crippen LogP) is 1.98. The molecule has 2 N–H and O–H groups in total. The fraction of sp³-hybridized carbons (Fsp3) is 0.417. The van der Waals surface area contributed by atoms with Gasteiger partial charge in [-0.05, 0) is 18.9 Å². The average molecular weight is 202 g/mol. The third kappa shape index (κ3) is 1.13. The maximum atomic E-state index is 9.52. The number of aliphatic hydroxyl groups is 1. The molecule has 1 aliphatic carbocycles. The zero-order valence-corrected chi connectivity index (χ0v) is 8.53. The molecule has 0 saturated heterocycles. The number of hydrogen-bond acceptors (Lipinski definition) is 2. The van der Waals surface area contributed by atoms with Gasteiger partial charge in [0, 0.05) is 10.8 Å². The highest BCUT2D eigenvalue weighted by molar-refractivity contribution is 5.82. The number of aromatic amines is 1. The fourth-order valence-corrected chi connectivity index (χ4v) is 2.45. The van der Waals surface area contributed by atoms with E-state index in [0.29, 0.717) is 0 Å². The van der Waals surface area contributed by atoms with Gasteiger partial charge < -0.3 is 5.11 Å². The normalized spacial score (nSPS) is 19.0. The van der Waals surface area contributed by atoms with Crippen LogP contribution in [0.2, 0.25) is 0 Å². The lowest BCUT2D eigenvalue weighted by molar-refractivity contribution is 0.117. The second-order valence-electron chi connectivity index (χ2n) is 4.41. The van der Waals surface area contributed by atoms with Crippen molar-refractivity contribution in [1.29, 1.82) is 0 Å². The number of aromatic nitrogens is 2. The van der Waals surface area contributed by atoms with Crippen molar-refractivity contribution in [3.63, 3.8) is 0 Å². The zero-order valence-electron chi connectivity index (χ0n) is 8.53. The van der Waals surface area contributed by atoms with Crippen LogP contribution in [-0.2, 0) is 5.41 Å². The molecule has 1 heterocycles. The molecule has 3 heteroatoms. The van der Waals surface area contributed by atoms with Crippen molar-refractivity contribution in [3.8, 4) is 0 Å². The number of benzene rings is 1. The Morgan fingerprint density at radius 2 is 2.13 bits per heavy atom. The molecule has 0 radical (unpaired) electrons. The number of aliphatic hydroxyl groups excluding tert-OH is 1. The molecule has 2 aromatic rings. The summed E-state index contributed by atoms with van der Waals surface area (Å²) in [5, 5.41) is 18.1. The summed E-state index contributed by atoms with van der Waals surface area (Å²) in [4.78, 5) is 0. The molecule has 0 spiro atoms. The van der Waals surface area contributed by atoms with Crippen molar-refractivity contribution >= 4 is 10.9 Å². The molecule has 3 rings (SSSR count). The van der Waals surface area contributed by atoms with Gasteiger partial charge in [0.2, 0.25) is 0 Å². The second-order valence-corrected chi connectivity index (χ2v) is 4.41. The lowest BCUT2D eigenvalue weighted by Crippen LogP contribution is -2.38. The summed E-state index contributed by atoms with van der Waals surface area (Å²) < 4.78 is 0. The Kier molecular flexibility index (Phi) is 1.83. The van der Waals surface area contributed by atoms with E-state index in [-0.39, 0.29) is 12.0 Å². The Bertz CT molecular complexity index is 480. The Balaban J connectivity index is 2.18. The van der Waals surface area contributed by atoms with Crippen molar-refractivity contribution < 1.29 is 5.11 Å². The minimum Gasteiger partial charge on any atom is -0.395 e. The molecule has 1 aromatic carbocycles. The van der Waals surface area contributed by atoms with Crippen LogP contribution >= 0.6 is 0 Å². The van der Waals surface area contributed by atoms with Crippen LogP contribution < -0.4 is 0 Å². The minimum absolute atomic E-state index is 0.0455. The van der Waals surface area contributed by atoms with Gasteiger partial charge in [-0.2, -0.15) is 5.10 Å². The van der Waals surface area contributed by atoms with E-state index < -0.39 is 0 Å². The fourth-order valence-electron chi connectivity index (χ4n) is 2.45. The number of H-pyrrole nitrogens is 1. The smallest absolute Gasteiger partial charge is 0.0923 e. The van der Waals surface area contributed by atoms with E-state index in [4.69, 9.17) is 0 Å². The van der Waals surface area contributed by atoms with Gasteiger partial charge in [0.15, 0.2) is 0 Å². The second kappa shape index (κ2) is 3.07. The molecule has 0 bridgehead atoms. The van der Waals surface area contributed by atoms with E-state index in [0.717, 1.165) is 29.4 Å². The quantitative estimate of drug-likeness (QED) is 0.782. The predicted molar refractivity (Wildman–Crippen MR) is 58.7 cm³/mol. The first-order valence-electron chi connectivity index (χ1n) is 5.40. The van der Waals surface area contributed by atoms with Crippen LogP contribution in [0.1, 0.15) is 25.0 Å². The van der Waals surface area contributed by atoms with Crippen LogP contribution in [0.15, 0.2) is 24.3 Å². The molecule has 78 valence electrons. The van der Waals surface area contributed by atoms with Crippen LogP contribution in [0.25, 0.3) is 10.9 Å². The molecule has 1 aromatic heterocycles. The molecular weight excluding hydrogens is 188 g/mol. The van der Waals surface area contributed by atoms with Gasteiger partial charge in [0.1, 0.15) is 0 Å². The lowest BCUT2D eigenvalue weighted by Gasteiger charge is -2.39. The Hall–Kier alpha value is -1.35. The SMILES string of the molecule is OCC1(c2[nH]nc3ccccc23)CCC1. The summed E-state index contributed by atoms with van der Waals surface area (Å²) >= 11 is 0. The Labute approximate surface area is 88.1 Å². The number of nitrogens with one attached hydrogen (secondary N) is 1. The van der Waals surface area contributed by atoms with E-state index >= 15 is 0 Å². The molecule has 0 atom stereocenters. The molecule has 1 saturated carbocycles. The van der Waals surface area contributed by atoms with Crippen molar-refractivity contribution in [2.45, 2.75) is 24.7 Å². The molecule has 0 amide bonds. The summed E-state index contributed by atoms with van der Waals surface area (Å²) in [7, 11) is 0. The van der Waals surface area contributed by atoms with Gasteiger partial charge in [-0.25, -0.2) is 0 Å². The molecule has 1 aliphatic rings. The Morgan fingerprint density at radius 3 is 2.80 bits per heavy atom. The maximum Gasteiger partial charge on any atom is 0.0923 e. The van der Waals surface area contributed by atoms with Crippen LogP contribution in [-0.4, -0.2) is 21.9 Å². The van der Waals surface area contributed by atoms with Gasteiger partial charge in [-0.1, -0.05) is 24.6 Å². The highest BCUT2D eigenvalue weighted by Crippen LogP contribution is 2.44. The van der Waals surface area contributed by atoms with Crippen LogP contribution in [0, 0.1) is 0 Å². The van der Waals surface area contributed by atoms with Crippen molar-refractivity contribution in [2.24, 2.45) is 0 Å². The average Bonchev–Trinajstić information content (AvgIpc) is 2.62. The van der Waals surface area contributed by atoms with Gasteiger partial charge in [0.25, 0.3) is 0 Å². The summed E-state index contributed by atoms with van der Waals surface area (Å²) in [6, 6.07) is 8.08. The largest absolute Gasteiger partial charge is 0.395 e. The van der Waals surface area contributed by atoms with E-state index in [1.807, 2.05) is 18.2 Å². The zero-order chi connectivity index (χ0) is 10.3.